The first-order chi connectivity index (χ1) is 16.4. The molecule has 0 radical (unpaired) electrons. The number of fused-ring (bicyclic) bond motifs is 1. The third-order valence-corrected chi connectivity index (χ3v) is 5.09. The molecule has 0 spiro atoms. The molecule has 1 unspecified atom stereocenters. The van der Waals surface area contributed by atoms with Crippen molar-refractivity contribution in [3.05, 3.63) is 59.6 Å². The van der Waals surface area contributed by atoms with Gasteiger partial charge in [0.2, 0.25) is 5.91 Å². The number of benzene rings is 1. The first-order valence-electron chi connectivity index (χ1n) is 10.3. The Morgan fingerprint density at radius 2 is 2.15 bits per heavy atom. The predicted octanol–water partition coefficient (Wildman–Crippen LogP) is 2.00. The number of aliphatic hydroxyl groups is 1. The van der Waals surface area contributed by atoms with Crippen LogP contribution in [0.25, 0.3) is 16.9 Å². The van der Waals surface area contributed by atoms with Gasteiger partial charge in [-0.2, -0.15) is 10.2 Å². The summed E-state index contributed by atoms with van der Waals surface area (Å²) in [4.78, 5) is 29.6. The maximum Gasteiger partial charge on any atom is 0.261 e. The third-order valence-electron chi connectivity index (χ3n) is 4.85. The molecule has 176 valence electrons. The second-order valence-electron chi connectivity index (χ2n) is 7.49. The fourth-order valence-corrected chi connectivity index (χ4v) is 3.47. The van der Waals surface area contributed by atoms with Crippen LogP contribution in [0.2, 0.25) is 5.02 Å². The second-order valence-corrected chi connectivity index (χ2v) is 7.92. The van der Waals surface area contributed by atoms with E-state index in [2.05, 4.69) is 25.8 Å². The highest BCUT2D eigenvalue weighted by Gasteiger charge is 2.21. The lowest BCUT2D eigenvalue weighted by Gasteiger charge is -2.09. The minimum atomic E-state index is -0.679. The lowest BCUT2D eigenvalue weighted by atomic mass is 10.1. The van der Waals surface area contributed by atoms with Crippen molar-refractivity contribution < 1.29 is 19.4 Å². The molecule has 3 heterocycles. The lowest BCUT2D eigenvalue weighted by molar-refractivity contribution is -0.122. The molecule has 2 amide bonds. The van der Waals surface area contributed by atoms with Gasteiger partial charge in [-0.15, -0.1) is 0 Å². The summed E-state index contributed by atoms with van der Waals surface area (Å²) in [6, 6.07) is 6.73. The molecule has 4 rings (SSSR count). The van der Waals surface area contributed by atoms with Crippen LogP contribution in [0.5, 0.6) is 5.75 Å². The number of carbonyl (C=O) groups excluding carboxylic acids is 2. The Labute approximate surface area is 199 Å². The summed E-state index contributed by atoms with van der Waals surface area (Å²) in [5.41, 5.74) is 1.90. The van der Waals surface area contributed by atoms with E-state index in [-0.39, 0.29) is 24.6 Å². The number of nitrogens with zero attached hydrogens (tertiary/aromatic N) is 5. The van der Waals surface area contributed by atoms with Crippen LogP contribution < -0.4 is 15.4 Å². The van der Waals surface area contributed by atoms with Crippen molar-refractivity contribution in [3.8, 4) is 17.0 Å². The smallest absolute Gasteiger partial charge is 0.261 e. The summed E-state index contributed by atoms with van der Waals surface area (Å²) < 4.78 is 8.33. The van der Waals surface area contributed by atoms with E-state index in [0.717, 1.165) is 0 Å². The molecule has 0 aliphatic carbocycles. The summed E-state index contributed by atoms with van der Waals surface area (Å²) in [5, 5.41) is 23.9. The molecule has 1 aromatic carbocycles. The molecule has 0 aliphatic heterocycles. The van der Waals surface area contributed by atoms with E-state index in [1.54, 1.807) is 43.6 Å². The number of halogens is 1. The Morgan fingerprint density at radius 1 is 1.32 bits per heavy atom. The minimum Gasteiger partial charge on any atom is -0.496 e. The number of aromatic nitrogens is 5. The van der Waals surface area contributed by atoms with Gasteiger partial charge in [0.1, 0.15) is 23.6 Å². The monoisotopic (exact) mass is 483 g/mol. The molecule has 0 bridgehead atoms. The van der Waals surface area contributed by atoms with Gasteiger partial charge in [0.05, 0.1) is 25.1 Å². The standard InChI is InChI=1S/C22H22ClN7O4/c1-13(31)9-25-19(32)12-29-11-17(20(28-29)15-8-14(23)4-5-18(15)34-2)27-22(33)16-10-26-30-7-3-6-24-21(16)30/h3-8,10-11,13,31H,9,12H2,1-2H3,(H,25,32)(H,27,33). The molecule has 3 N–H and O–H groups in total. The SMILES string of the molecule is COc1ccc(Cl)cc1-c1nn(CC(=O)NCC(C)O)cc1NC(=O)c1cnn2cccnc12. The zero-order valence-corrected chi connectivity index (χ0v) is 19.2. The minimum absolute atomic E-state index is 0.112. The fraction of sp³-hybridized carbons (Fsp3) is 0.227. The summed E-state index contributed by atoms with van der Waals surface area (Å²) in [6.07, 6.45) is 5.53. The van der Waals surface area contributed by atoms with E-state index in [4.69, 9.17) is 16.3 Å². The highest BCUT2D eigenvalue weighted by molar-refractivity contribution is 6.31. The van der Waals surface area contributed by atoms with E-state index in [9.17, 15) is 14.7 Å². The molecule has 1 atom stereocenters. The summed E-state index contributed by atoms with van der Waals surface area (Å²) >= 11 is 6.21. The Hall–Kier alpha value is -3.96. The number of ether oxygens (including phenoxy) is 1. The van der Waals surface area contributed by atoms with Crippen LogP contribution in [0.3, 0.4) is 0 Å². The molecule has 4 aromatic rings. The largest absolute Gasteiger partial charge is 0.496 e. The van der Waals surface area contributed by atoms with E-state index < -0.39 is 12.0 Å². The molecule has 0 saturated heterocycles. The van der Waals surface area contributed by atoms with Crippen molar-refractivity contribution >= 4 is 34.7 Å². The Morgan fingerprint density at radius 3 is 2.91 bits per heavy atom. The predicted molar refractivity (Wildman–Crippen MR) is 125 cm³/mol. The van der Waals surface area contributed by atoms with E-state index in [1.807, 2.05) is 0 Å². The van der Waals surface area contributed by atoms with Gasteiger partial charge in [-0.3, -0.25) is 14.3 Å². The van der Waals surface area contributed by atoms with Crippen LogP contribution in [0.15, 0.2) is 49.1 Å². The number of anilines is 1. The fourth-order valence-electron chi connectivity index (χ4n) is 3.30. The van der Waals surface area contributed by atoms with Crippen molar-refractivity contribution in [2.24, 2.45) is 0 Å². The number of hydrogen-bond acceptors (Lipinski definition) is 7. The van der Waals surface area contributed by atoms with Crippen LogP contribution in [0, 0.1) is 0 Å². The van der Waals surface area contributed by atoms with Gasteiger partial charge in [-0.25, -0.2) is 9.50 Å². The molecule has 11 nitrogen and oxygen atoms in total. The quantitative estimate of drug-likeness (QED) is 0.348. The van der Waals surface area contributed by atoms with E-state index in [0.29, 0.717) is 33.4 Å². The molecular weight excluding hydrogens is 462 g/mol. The van der Waals surface area contributed by atoms with Gasteiger partial charge in [0, 0.05) is 35.7 Å². The zero-order valence-electron chi connectivity index (χ0n) is 18.4. The van der Waals surface area contributed by atoms with Gasteiger partial charge >= 0.3 is 0 Å². The maximum absolute atomic E-state index is 13.1. The van der Waals surface area contributed by atoms with Crippen LogP contribution in [0.1, 0.15) is 17.3 Å². The molecule has 3 aromatic heterocycles. The van der Waals surface area contributed by atoms with Crippen molar-refractivity contribution in [2.75, 3.05) is 19.0 Å². The number of methoxy groups -OCH3 is 1. The summed E-state index contributed by atoms with van der Waals surface area (Å²) in [5.74, 6) is -0.312. The summed E-state index contributed by atoms with van der Waals surface area (Å²) in [7, 11) is 1.51. The zero-order chi connectivity index (χ0) is 24.2. The van der Waals surface area contributed by atoms with Gasteiger partial charge in [-0.1, -0.05) is 11.6 Å². The second kappa shape index (κ2) is 9.89. The number of carbonyl (C=O) groups is 2. The Kier molecular flexibility index (Phi) is 6.75. The van der Waals surface area contributed by atoms with Gasteiger partial charge in [0.15, 0.2) is 5.65 Å². The van der Waals surface area contributed by atoms with Crippen molar-refractivity contribution in [3.63, 3.8) is 0 Å². The number of amides is 2. The Balaban J connectivity index is 1.70. The van der Waals surface area contributed by atoms with E-state index in [1.165, 1.54) is 28.7 Å². The maximum atomic E-state index is 13.1. The average Bonchev–Trinajstić information content (AvgIpc) is 3.41. The first kappa shape index (κ1) is 23.2. The number of aliphatic hydroxyl groups excluding tert-OH is 1. The number of hydrogen-bond donors (Lipinski definition) is 3. The van der Waals surface area contributed by atoms with Crippen LogP contribution >= 0.6 is 11.6 Å². The third kappa shape index (κ3) is 5.00. The molecule has 34 heavy (non-hydrogen) atoms. The highest BCUT2D eigenvalue weighted by atomic mass is 35.5. The first-order valence-corrected chi connectivity index (χ1v) is 10.7. The van der Waals surface area contributed by atoms with E-state index >= 15 is 0 Å². The molecule has 0 saturated carbocycles. The highest BCUT2D eigenvalue weighted by Crippen LogP contribution is 2.36. The topological polar surface area (TPSA) is 136 Å². The lowest BCUT2D eigenvalue weighted by Crippen LogP contribution is -2.33. The average molecular weight is 484 g/mol. The van der Waals surface area contributed by atoms with Crippen molar-refractivity contribution in [1.82, 2.24) is 29.7 Å². The number of nitrogens with one attached hydrogen (secondary N) is 2. The van der Waals surface area contributed by atoms with Gasteiger partial charge in [0.25, 0.3) is 5.91 Å². The van der Waals surface area contributed by atoms with Crippen LogP contribution in [0.4, 0.5) is 5.69 Å². The normalized spacial score (nSPS) is 11.9. The number of rotatable bonds is 8. The van der Waals surface area contributed by atoms with Crippen LogP contribution in [-0.2, 0) is 11.3 Å². The molecule has 12 heteroatoms. The van der Waals surface area contributed by atoms with Gasteiger partial charge < -0.3 is 20.5 Å². The van der Waals surface area contributed by atoms with Crippen molar-refractivity contribution in [1.29, 1.82) is 0 Å². The van der Waals surface area contributed by atoms with Crippen molar-refractivity contribution in [2.45, 2.75) is 19.6 Å². The molecule has 0 fully saturated rings. The Bertz CT molecular complexity index is 1350. The molecule has 0 aliphatic rings. The van der Waals surface area contributed by atoms with Crippen LogP contribution in [-0.4, -0.2) is 61.1 Å². The van der Waals surface area contributed by atoms with Gasteiger partial charge in [-0.05, 0) is 31.2 Å². The molecular formula is C22H22ClN7O4. The summed E-state index contributed by atoms with van der Waals surface area (Å²) in [6.45, 7) is 1.55.